The fourth-order valence-electron chi connectivity index (χ4n) is 2.62. The molecule has 0 radical (unpaired) electrons. The molecule has 1 fully saturated rings. The van der Waals surface area contributed by atoms with E-state index in [0.717, 1.165) is 24.3 Å². The first kappa shape index (κ1) is 14.2. The fourth-order valence-corrected chi connectivity index (χ4v) is 2.74. The molecule has 0 aliphatic carbocycles. The van der Waals surface area contributed by atoms with Gasteiger partial charge in [0.05, 0.1) is 5.02 Å². The van der Waals surface area contributed by atoms with Crippen molar-refractivity contribution in [3.8, 4) is 0 Å². The Bertz CT molecular complexity index is 607. The van der Waals surface area contributed by atoms with Crippen molar-refractivity contribution in [3.63, 3.8) is 0 Å². The molecular weight excluding hydrogens is 287 g/mol. The van der Waals surface area contributed by atoms with Crippen LogP contribution in [0.15, 0.2) is 42.5 Å². The van der Waals surface area contributed by atoms with Gasteiger partial charge in [-0.25, -0.2) is 4.39 Å². The quantitative estimate of drug-likeness (QED) is 0.881. The van der Waals surface area contributed by atoms with Gasteiger partial charge in [0, 0.05) is 31.0 Å². The van der Waals surface area contributed by atoms with Crippen LogP contribution in [0.5, 0.6) is 0 Å². The normalized spacial score (nSPS) is 14.5. The van der Waals surface area contributed by atoms with Crippen molar-refractivity contribution in [2.24, 2.45) is 0 Å². The van der Waals surface area contributed by atoms with Gasteiger partial charge in [-0.2, -0.15) is 0 Å². The minimum absolute atomic E-state index is 0.161. The van der Waals surface area contributed by atoms with E-state index in [2.05, 4.69) is 34.5 Å². The maximum atomic E-state index is 13.4. The first-order chi connectivity index (χ1) is 10.2. The van der Waals surface area contributed by atoms with Gasteiger partial charge in [-0.3, -0.25) is 0 Å². The molecule has 2 aromatic carbocycles. The van der Waals surface area contributed by atoms with Crippen LogP contribution in [0.2, 0.25) is 5.02 Å². The molecule has 2 aromatic rings. The zero-order valence-electron chi connectivity index (χ0n) is 11.8. The molecule has 1 saturated heterocycles. The van der Waals surface area contributed by atoms with Crippen LogP contribution in [0, 0.1) is 5.82 Å². The van der Waals surface area contributed by atoms with E-state index in [-0.39, 0.29) is 10.8 Å². The van der Waals surface area contributed by atoms with Crippen LogP contribution in [0.3, 0.4) is 0 Å². The summed E-state index contributed by atoms with van der Waals surface area (Å²) < 4.78 is 13.4. The third-order valence-corrected chi connectivity index (χ3v) is 4.13. The monoisotopic (exact) mass is 304 g/mol. The summed E-state index contributed by atoms with van der Waals surface area (Å²) in [5.74, 6) is -0.375. The van der Waals surface area contributed by atoms with Gasteiger partial charge in [0.15, 0.2) is 0 Å². The third-order valence-electron chi connectivity index (χ3n) is 3.82. The van der Waals surface area contributed by atoms with Crippen LogP contribution in [0.25, 0.3) is 0 Å². The molecule has 0 spiro atoms. The molecule has 1 aliphatic heterocycles. The van der Waals surface area contributed by atoms with Gasteiger partial charge in [0.1, 0.15) is 5.82 Å². The average Bonchev–Trinajstić information content (AvgIpc) is 3.03. The number of hydrogen-bond acceptors (Lipinski definition) is 2. The molecular formula is C17H18ClFN2. The van der Waals surface area contributed by atoms with Crippen LogP contribution < -0.4 is 10.2 Å². The first-order valence-corrected chi connectivity index (χ1v) is 7.63. The molecule has 0 aromatic heterocycles. The van der Waals surface area contributed by atoms with Crippen LogP contribution in [-0.4, -0.2) is 13.1 Å². The SMILES string of the molecule is Fc1cc(CNc2ccc(N3CCCC3)cc2)ccc1Cl. The Morgan fingerprint density at radius 1 is 1.05 bits per heavy atom. The maximum absolute atomic E-state index is 13.4. The Hall–Kier alpha value is -1.74. The highest BCUT2D eigenvalue weighted by Crippen LogP contribution is 2.22. The molecule has 1 aliphatic rings. The Morgan fingerprint density at radius 3 is 2.43 bits per heavy atom. The van der Waals surface area contributed by atoms with Gasteiger partial charge < -0.3 is 10.2 Å². The van der Waals surface area contributed by atoms with Crippen molar-refractivity contribution < 1.29 is 4.39 Å². The molecule has 3 rings (SSSR count). The lowest BCUT2D eigenvalue weighted by atomic mass is 10.2. The number of halogens is 2. The molecule has 0 unspecified atom stereocenters. The van der Waals surface area contributed by atoms with Gasteiger partial charge in [-0.05, 0) is 54.8 Å². The second-order valence-corrected chi connectivity index (χ2v) is 5.75. The van der Waals surface area contributed by atoms with E-state index in [4.69, 9.17) is 11.6 Å². The van der Waals surface area contributed by atoms with Gasteiger partial charge in [-0.1, -0.05) is 17.7 Å². The summed E-state index contributed by atoms with van der Waals surface area (Å²) in [7, 11) is 0. The Morgan fingerprint density at radius 2 is 1.76 bits per heavy atom. The van der Waals surface area contributed by atoms with Gasteiger partial charge in [0.25, 0.3) is 0 Å². The number of benzene rings is 2. The van der Waals surface area contributed by atoms with Crippen molar-refractivity contribution in [1.29, 1.82) is 0 Å². The van der Waals surface area contributed by atoms with Crippen molar-refractivity contribution in [3.05, 3.63) is 58.9 Å². The minimum Gasteiger partial charge on any atom is -0.381 e. The molecule has 2 nitrogen and oxygen atoms in total. The van der Waals surface area contributed by atoms with Gasteiger partial charge in [0.2, 0.25) is 0 Å². The second-order valence-electron chi connectivity index (χ2n) is 5.34. The van der Waals surface area contributed by atoms with E-state index < -0.39 is 0 Å². The summed E-state index contributed by atoms with van der Waals surface area (Å²) in [5, 5.41) is 3.46. The largest absolute Gasteiger partial charge is 0.381 e. The third kappa shape index (κ3) is 3.48. The second kappa shape index (κ2) is 6.35. The molecule has 1 N–H and O–H groups in total. The molecule has 21 heavy (non-hydrogen) atoms. The standard InChI is InChI=1S/C17H18ClFN2/c18-16-8-3-13(11-17(16)19)12-20-14-4-6-15(7-5-14)21-9-1-2-10-21/h3-8,11,20H,1-2,9-10,12H2. The zero-order chi connectivity index (χ0) is 14.7. The molecule has 0 atom stereocenters. The van der Waals surface area contributed by atoms with Crippen molar-refractivity contribution in [1.82, 2.24) is 0 Å². The smallest absolute Gasteiger partial charge is 0.142 e. The van der Waals surface area contributed by atoms with E-state index in [1.807, 2.05) is 6.07 Å². The molecule has 1 heterocycles. The predicted octanol–water partition coefficient (Wildman–Crippen LogP) is 4.69. The highest BCUT2D eigenvalue weighted by atomic mass is 35.5. The van der Waals surface area contributed by atoms with Crippen molar-refractivity contribution in [2.45, 2.75) is 19.4 Å². The van der Waals surface area contributed by atoms with E-state index >= 15 is 0 Å². The summed E-state index contributed by atoms with van der Waals surface area (Å²) in [6.07, 6.45) is 2.56. The molecule has 0 amide bonds. The lowest BCUT2D eigenvalue weighted by molar-refractivity contribution is 0.626. The summed E-state index contributed by atoms with van der Waals surface area (Å²) in [4.78, 5) is 2.40. The summed E-state index contributed by atoms with van der Waals surface area (Å²) in [5.41, 5.74) is 3.18. The number of hydrogen-bond donors (Lipinski definition) is 1. The van der Waals surface area contributed by atoms with Crippen LogP contribution in [0.1, 0.15) is 18.4 Å². The zero-order valence-corrected chi connectivity index (χ0v) is 12.5. The summed E-state index contributed by atoms with van der Waals surface area (Å²) in [6.45, 7) is 2.88. The predicted molar refractivity (Wildman–Crippen MR) is 86.6 cm³/mol. The van der Waals surface area contributed by atoms with E-state index in [0.29, 0.717) is 6.54 Å². The molecule has 110 valence electrons. The number of nitrogens with zero attached hydrogens (tertiary/aromatic N) is 1. The van der Waals surface area contributed by atoms with E-state index in [1.165, 1.54) is 24.6 Å². The summed E-state index contributed by atoms with van der Waals surface area (Å²) >= 11 is 5.68. The summed E-state index contributed by atoms with van der Waals surface area (Å²) in [6, 6.07) is 13.3. The molecule has 0 saturated carbocycles. The van der Waals surface area contributed by atoms with Crippen molar-refractivity contribution in [2.75, 3.05) is 23.3 Å². The fraction of sp³-hybridized carbons (Fsp3) is 0.294. The van der Waals surface area contributed by atoms with Crippen LogP contribution in [0.4, 0.5) is 15.8 Å². The Kier molecular flexibility index (Phi) is 4.30. The van der Waals surface area contributed by atoms with E-state index in [9.17, 15) is 4.39 Å². The highest BCUT2D eigenvalue weighted by Gasteiger charge is 2.11. The van der Waals surface area contributed by atoms with Crippen LogP contribution in [-0.2, 0) is 6.54 Å². The molecule has 0 bridgehead atoms. The average molecular weight is 305 g/mol. The number of rotatable bonds is 4. The molecule has 4 heteroatoms. The van der Waals surface area contributed by atoms with Gasteiger partial charge in [-0.15, -0.1) is 0 Å². The van der Waals surface area contributed by atoms with E-state index in [1.54, 1.807) is 6.07 Å². The topological polar surface area (TPSA) is 15.3 Å². The lowest BCUT2D eigenvalue weighted by Gasteiger charge is -2.18. The lowest BCUT2D eigenvalue weighted by Crippen LogP contribution is -2.17. The van der Waals surface area contributed by atoms with Crippen LogP contribution >= 0.6 is 11.6 Å². The Labute approximate surface area is 129 Å². The maximum Gasteiger partial charge on any atom is 0.142 e. The van der Waals surface area contributed by atoms with Gasteiger partial charge >= 0.3 is 0 Å². The number of anilines is 2. The Balaban J connectivity index is 1.61. The van der Waals surface area contributed by atoms with Crippen molar-refractivity contribution >= 4 is 23.0 Å². The number of nitrogens with one attached hydrogen (secondary N) is 1. The minimum atomic E-state index is -0.375. The first-order valence-electron chi connectivity index (χ1n) is 7.25. The highest BCUT2D eigenvalue weighted by molar-refractivity contribution is 6.30.